The number of anilines is 1. The van der Waals surface area contributed by atoms with Crippen LogP contribution in [0.15, 0.2) is 71.7 Å². The Morgan fingerprint density at radius 3 is 2.57 bits per heavy atom. The summed E-state index contributed by atoms with van der Waals surface area (Å²) in [6.45, 7) is 5.85. The van der Waals surface area contributed by atoms with Crippen molar-refractivity contribution in [1.82, 2.24) is 29.5 Å². The normalized spacial score (nSPS) is 11.4. The van der Waals surface area contributed by atoms with Crippen molar-refractivity contribution >= 4 is 28.8 Å². The van der Waals surface area contributed by atoms with Crippen molar-refractivity contribution in [2.75, 3.05) is 5.32 Å². The van der Waals surface area contributed by atoms with E-state index in [0.29, 0.717) is 22.5 Å². The lowest BCUT2D eigenvalue weighted by molar-refractivity contribution is -0.111. The fourth-order valence-electron chi connectivity index (χ4n) is 3.71. The number of nitrogens with one attached hydrogen (secondary N) is 2. The van der Waals surface area contributed by atoms with E-state index in [4.69, 9.17) is 0 Å². The van der Waals surface area contributed by atoms with Crippen LogP contribution in [0.25, 0.3) is 28.7 Å². The van der Waals surface area contributed by atoms with Crippen LogP contribution in [0, 0.1) is 20.8 Å². The Kier molecular flexibility index (Phi) is 5.58. The first-order valence-corrected chi connectivity index (χ1v) is 11.1. The zero-order valence-corrected chi connectivity index (χ0v) is 19.5. The lowest BCUT2D eigenvalue weighted by Gasteiger charge is -2.09. The van der Waals surface area contributed by atoms with Crippen LogP contribution in [0.2, 0.25) is 0 Å². The number of hydrogen-bond donors (Lipinski definition) is 2. The summed E-state index contributed by atoms with van der Waals surface area (Å²) >= 11 is 0. The van der Waals surface area contributed by atoms with E-state index in [9.17, 15) is 9.59 Å². The van der Waals surface area contributed by atoms with Gasteiger partial charge in [-0.15, -0.1) is 0 Å². The van der Waals surface area contributed by atoms with Crippen molar-refractivity contribution in [3.05, 3.63) is 99.6 Å². The van der Waals surface area contributed by atoms with E-state index in [-0.39, 0.29) is 17.4 Å². The van der Waals surface area contributed by atoms with E-state index in [1.807, 2.05) is 62.4 Å². The number of H-pyrrole nitrogens is 1. The topological polar surface area (TPSA) is 110 Å². The monoisotopic (exact) mass is 465 g/mol. The number of benzene rings is 2. The van der Waals surface area contributed by atoms with Gasteiger partial charge < -0.3 is 5.32 Å². The van der Waals surface area contributed by atoms with Crippen molar-refractivity contribution in [2.45, 2.75) is 20.8 Å². The number of carbonyl (C=O) groups excluding carboxylic acids is 1. The number of aryl methyl sites for hydroxylation is 3. The predicted octanol–water partition coefficient (Wildman–Crippen LogP) is 3.87. The average molecular weight is 466 g/mol. The first-order valence-electron chi connectivity index (χ1n) is 11.1. The number of nitrogens with zero attached hydrogens (tertiary/aromatic N) is 5. The zero-order valence-electron chi connectivity index (χ0n) is 19.5. The molecule has 9 heteroatoms. The molecule has 3 heterocycles. The van der Waals surface area contributed by atoms with Gasteiger partial charge in [0.2, 0.25) is 11.9 Å². The number of hydrogen-bond acceptors (Lipinski definition) is 5. The molecule has 0 spiro atoms. The molecular formula is C26H23N7O2. The van der Waals surface area contributed by atoms with Gasteiger partial charge in [0.25, 0.3) is 5.56 Å². The molecule has 0 bridgehead atoms. The molecule has 35 heavy (non-hydrogen) atoms. The van der Waals surface area contributed by atoms with Gasteiger partial charge in [-0.3, -0.25) is 14.6 Å². The summed E-state index contributed by atoms with van der Waals surface area (Å²) < 4.78 is 3.03. The molecular weight excluding hydrogens is 442 g/mol. The number of fused-ring (bicyclic) bond motifs is 1. The molecule has 5 aromatic rings. The van der Waals surface area contributed by atoms with E-state index >= 15 is 0 Å². The summed E-state index contributed by atoms with van der Waals surface area (Å²) in [6, 6.07) is 17.1. The maximum atomic E-state index is 12.8. The predicted molar refractivity (Wildman–Crippen MR) is 135 cm³/mol. The first kappa shape index (κ1) is 22.0. The average Bonchev–Trinajstić information content (AvgIpc) is 3.44. The van der Waals surface area contributed by atoms with E-state index < -0.39 is 0 Å². The van der Waals surface area contributed by atoms with Gasteiger partial charge in [0.15, 0.2) is 5.65 Å². The Labute approximate surface area is 200 Å². The summed E-state index contributed by atoms with van der Waals surface area (Å²) in [5.74, 6) is 0.215. The Morgan fingerprint density at radius 2 is 1.80 bits per heavy atom. The van der Waals surface area contributed by atoms with Crippen molar-refractivity contribution < 1.29 is 4.79 Å². The number of amides is 1. The molecule has 0 unspecified atom stereocenters. The maximum Gasteiger partial charge on any atom is 0.263 e. The fourth-order valence-corrected chi connectivity index (χ4v) is 3.71. The molecule has 0 aliphatic carbocycles. The Hall–Kier alpha value is -4.79. The molecule has 174 valence electrons. The van der Waals surface area contributed by atoms with Crippen molar-refractivity contribution in [3.63, 3.8) is 0 Å². The van der Waals surface area contributed by atoms with Gasteiger partial charge >= 0.3 is 0 Å². The van der Waals surface area contributed by atoms with Crippen molar-refractivity contribution in [2.24, 2.45) is 0 Å². The van der Waals surface area contributed by atoms with Crippen molar-refractivity contribution in [3.8, 4) is 11.6 Å². The molecule has 2 aromatic carbocycles. The number of carbonyl (C=O) groups is 1. The summed E-state index contributed by atoms with van der Waals surface area (Å²) in [5.41, 5.74) is 4.65. The van der Waals surface area contributed by atoms with Gasteiger partial charge in [0, 0.05) is 12.1 Å². The molecule has 0 saturated carbocycles. The second-order valence-corrected chi connectivity index (χ2v) is 8.27. The third kappa shape index (κ3) is 4.39. The maximum absolute atomic E-state index is 12.8. The van der Waals surface area contributed by atoms with E-state index in [1.54, 1.807) is 23.7 Å². The minimum atomic E-state index is -0.352. The summed E-state index contributed by atoms with van der Waals surface area (Å²) in [7, 11) is 0. The van der Waals surface area contributed by atoms with Gasteiger partial charge in [-0.1, -0.05) is 36.4 Å². The summed E-state index contributed by atoms with van der Waals surface area (Å²) in [4.78, 5) is 32.8. The second kappa shape index (κ2) is 8.86. The number of aromatic amines is 1. The van der Waals surface area contributed by atoms with Crippen LogP contribution < -0.4 is 10.9 Å². The van der Waals surface area contributed by atoms with Crippen LogP contribution in [-0.2, 0) is 4.79 Å². The minimum Gasteiger partial charge on any atom is -0.307 e. The van der Waals surface area contributed by atoms with Gasteiger partial charge in [-0.25, -0.2) is 4.68 Å². The van der Waals surface area contributed by atoms with Gasteiger partial charge in [0.05, 0.1) is 17.6 Å². The SMILES string of the molecule is Cc1cc(NC(=O)/C=C\c2ccccc2)n(-c2nc3c(cnn3-c3ccc(C)c(C)c3)c(=O)[nH]2)n1. The molecule has 1 amide bonds. The third-order valence-electron chi connectivity index (χ3n) is 5.67. The quantitative estimate of drug-likeness (QED) is 0.383. The molecule has 5 rings (SSSR count). The highest BCUT2D eigenvalue weighted by Gasteiger charge is 2.16. The molecule has 0 aliphatic heterocycles. The van der Waals surface area contributed by atoms with Crippen molar-refractivity contribution in [1.29, 1.82) is 0 Å². The van der Waals surface area contributed by atoms with E-state index in [2.05, 4.69) is 25.5 Å². The molecule has 0 radical (unpaired) electrons. The minimum absolute atomic E-state index is 0.170. The van der Waals surface area contributed by atoms with E-state index in [1.165, 1.54) is 17.0 Å². The van der Waals surface area contributed by atoms with Crippen LogP contribution in [-0.4, -0.2) is 35.4 Å². The van der Waals surface area contributed by atoms with Gasteiger partial charge in [-0.05, 0) is 55.7 Å². The van der Waals surface area contributed by atoms with Crippen LogP contribution in [0.5, 0.6) is 0 Å². The number of aromatic nitrogens is 6. The standard InChI is InChI=1S/C26H23N7O2/c1-16-9-11-20(13-17(16)2)32-24-21(15-27-32)25(35)30-26(29-24)33-22(14-18(3)31-33)28-23(34)12-10-19-7-5-4-6-8-19/h4-15H,1-3H3,(H,28,34)(H,29,30,35)/b12-10-. The molecule has 3 aromatic heterocycles. The van der Waals surface area contributed by atoms with Crippen LogP contribution in [0.4, 0.5) is 5.82 Å². The largest absolute Gasteiger partial charge is 0.307 e. The molecule has 9 nitrogen and oxygen atoms in total. The highest BCUT2D eigenvalue weighted by molar-refractivity contribution is 6.01. The fraction of sp³-hybridized carbons (Fsp3) is 0.115. The summed E-state index contributed by atoms with van der Waals surface area (Å²) in [6.07, 6.45) is 4.65. The molecule has 0 saturated heterocycles. The van der Waals surface area contributed by atoms with Crippen LogP contribution in [0.3, 0.4) is 0 Å². The Morgan fingerprint density at radius 1 is 1.00 bits per heavy atom. The second-order valence-electron chi connectivity index (χ2n) is 8.27. The molecule has 0 fully saturated rings. The lowest BCUT2D eigenvalue weighted by atomic mass is 10.1. The molecule has 2 N–H and O–H groups in total. The highest BCUT2D eigenvalue weighted by atomic mass is 16.1. The zero-order chi connectivity index (χ0) is 24.5. The highest BCUT2D eigenvalue weighted by Crippen LogP contribution is 2.19. The van der Waals surface area contributed by atoms with E-state index in [0.717, 1.165) is 22.4 Å². The molecule has 0 atom stereocenters. The van der Waals surface area contributed by atoms with Gasteiger partial charge in [-0.2, -0.15) is 19.9 Å². The van der Waals surface area contributed by atoms with Crippen LogP contribution >= 0.6 is 0 Å². The number of rotatable bonds is 5. The van der Waals surface area contributed by atoms with Gasteiger partial charge in [0.1, 0.15) is 11.2 Å². The summed E-state index contributed by atoms with van der Waals surface area (Å²) in [5, 5.41) is 12.0. The lowest BCUT2D eigenvalue weighted by Crippen LogP contribution is -2.18. The van der Waals surface area contributed by atoms with Crippen LogP contribution in [0.1, 0.15) is 22.4 Å². The smallest absolute Gasteiger partial charge is 0.263 e. The Bertz CT molecular complexity index is 1640. The molecule has 0 aliphatic rings. The first-order chi connectivity index (χ1) is 16.9. The Balaban J connectivity index is 1.52. The third-order valence-corrected chi connectivity index (χ3v) is 5.67.